The Hall–Kier alpha value is -0.940. The monoisotopic (exact) mass is 281 g/mol. The number of amides is 1. The summed E-state index contributed by atoms with van der Waals surface area (Å²) in [6.45, 7) is 4.28. The van der Waals surface area contributed by atoms with Crippen molar-refractivity contribution < 1.29 is 4.79 Å². The largest absolute Gasteiger partial charge is 0.347 e. The van der Waals surface area contributed by atoms with Crippen molar-refractivity contribution in [2.75, 3.05) is 13.1 Å². The van der Waals surface area contributed by atoms with Crippen LogP contribution < -0.4 is 10.6 Å². The van der Waals surface area contributed by atoms with Crippen LogP contribution >= 0.6 is 11.3 Å². The molecule has 1 aromatic rings. The molecule has 1 aliphatic heterocycles. The third-order valence-electron chi connectivity index (χ3n) is 3.73. The van der Waals surface area contributed by atoms with Gasteiger partial charge in [0.25, 0.3) is 0 Å². The van der Waals surface area contributed by atoms with Crippen molar-refractivity contribution in [1.82, 2.24) is 15.6 Å². The Bertz CT molecular complexity index is 374. The fourth-order valence-corrected chi connectivity index (χ4v) is 3.29. The van der Waals surface area contributed by atoms with Gasteiger partial charge in [-0.2, -0.15) is 0 Å². The highest BCUT2D eigenvalue weighted by Crippen LogP contribution is 2.20. The molecule has 1 unspecified atom stereocenters. The third kappa shape index (κ3) is 4.58. The molecule has 0 saturated carbocycles. The molecule has 1 aliphatic rings. The van der Waals surface area contributed by atoms with Gasteiger partial charge in [-0.15, -0.1) is 11.3 Å². The first-order valence-electron chi connectivity index (χ1n) is 7.19. The SMILES string of the molecule is CCC(NC(=O)CCC1CCNCC1)c1nccs1. The first kappa shape index (κ1) is 14.5. The number of hydrogen-bond acceptors (Lipinski definition) is 4. The fraction of sp³-hybridized carbons (Fsp3) is 0.714. The number of rotatable bonds is 6. The van der Waals surface area contributed by atoms with Crippen LogP contribution in [0.15, 0.2) is 11.6 Å². The van der Waals surface area contributed by atoms with E-state index in [1.165, 1.54) is 12.8 Å². The molecule has 1 fully saturated rings. The summed E-state index contributed by atoms with van der Waals surface area (Å²) < 4.78 is 0. The fourth-order valence-electron chi connectivity index (χ4n) is 2.52. The van der Waals surface area contributed by atoms with E-state index in [-0.39, 0.29) is 11.9 Å². The number of carbonyl (C=O) groups is 1. The minimum atomic E-state index is 0.0838. The van der Waals surface area contributed by atoms with Crippen molar-refractivity contribution in [3.63, 3.8) is 0 Å². The average Bonchev–Trinajstić information content (AvgIpc) is 2.97. The molecule has 5 heteroatoms. The van der Waals surface area contributed by atoms with E-state index in [9.17, 15) is 4.79 Å². The molecule has 0 bridgehead atoms. The van der Waals surface area contributed by atoms with Crippen molar-refractivity contribution in [3.05, 3.63) is 16.6 Å². The van der Waals surface area contributed by atoms with Crippen molar-refractivity contribution in [2.24, 2.45) is 5.92 Å². The Morgan fingerprint density at radius 2 is 2.37 bits per heavy atom. The van der Waals surface area contributed by atoms with Gasteiger partial charge in [0.1, 0.15) is 5.01 Å². The van der Waals surface area contributed by atoms with E-state index in [1.807, 2.05) is 5.38 Å². The summed E-state index contributed by atoms with van der Waals surface area (Å²) in [5, 5.41) is 9.43. The highest BCUT2D eigenvalue weighted by Gasteiger charge is 2.17. The lowest BCUT2D eigenvalue weighted by molar-refractivity contribution is -0.122. The lowest BCUT2D eigenvalue weighted by Crippen LogP contribution is -2.30. The number of nitrogens with one attached hydrogen (secondary N) is 2. The molecule has 0 spiro atoms. The molecule has 1 aromatic heterocycles. The zero-order valence-electron chi connectivity index (χ0n) is 11.5. The zero-order valence-corrected chi connectivity index (χ0v) is 12.3. The first-order chi connectivity index (χ1) is 9.29. The second-order valence-electron chi connectivity index (χ2n) is 5.13. The standard InChI is InChI=1S/C14H23N3OS/c1-2-12(14-16-9-10-19-14)17-13(18)4-3-11-5-7-15-8-6-11/h9-12,15H,2-8H2,1H3,(H,17,18). The van der Waals surface area contributed by atoms with Gasteiger partial charge in [0.15, 0.2) is 0 Å². The maximum absolute atomic E-state index is 12.0. The van der Waals surface area contributed by atoms with Crippen molar-refractivity contribution in [1.29, 1.82) is 0 Å². The lowest BCUT2D eigenvalue weighted by atomic mass is 9.93. The molecule has 1 atom stereocenters. The van der Waals surface area contributed by atoms with Crippen LogP contribution in [0.2, 0.25) is 0 Å². The van der Waals surface area contributed by atoms with E-state index in [0.717, 1.165) is 30.9 Å². The highest BCUT2D eigenvalue weighted by atomic mass is 32.1. The minimum Gasteiger partial charge on any atom is -0.347 e. The smallest absolute Gasteiger partial charge is 0.220 e. The van der Waals surface area contributed by atoms with Gasteiger partial charge in [-0.05, 0) is 44.7 Å². The van der Waals surface area contributed by atoms with Gasteiger partial charge in [-0.25, -0.2) is 4.98 Å². The average molecular weight is 281 g/mol. The van der Waals surface area contributed by atoms with Gasteiger partial charge in [0, 0.05) is 18.0 Å². The summed E-state index contributed by atoms with van der Waals surface area (Å²) in [5.74, 6) is 0.882. The summed E-state index contributed by atoms with van der Waals surface area (Å²) in [4.78, 5) is 16.3. The second kappa shape index (κ2) is 7.60. The van der Waals surface area contributed by atoms with Crippen LogP contribution in [0.3, 0.4) is 0 Å². The van der Waals surface area contributed by atoms with Crippen molar-refractivity contribution >= 4 is 17.2 Å². The molecule has 0 aromatic carbocycles. The number of piperidine rings is 1. The molecule has 2 rings (SSSR count). The predicted molar refractivity (Wildman–Crippen MR) is 78.1 cm³/mol. The predicted octanol–water partition coefficient (Wildman–Crippen LogP) is 2.49. The molecular weight excluding hydrogens is 258 g/mol. The summed E-state index contributed by atoms with van der Waals surface area (Å²) in [5.41, 5.74) is 0. The summed E-state index contributed by atoms with van der Waals surface area (Å²) >= 11 is 1.61. The van der Waals surface area contributed by atoms with Crippen LogP contribution in [0, 0.1) is 5.92 Å². The summed E-state index contributed by atoms with van der Waals surface area (Å²) in [7, 11) is 0. The van der Waals surface area contributed by atoms with E-state index in [2.05, 4.69) is 22.5 Å². The normalized spacial score (nSPS) is 18.2. The van der Waals surface area contributed by atoms with Crippen LogP contribution in [0.1, 0.15) is 50.1 Å². The molecule has 0 aliphatic carbocycles. The highest BCUT2D eigenvalue weighted by molar-refractivity contribution is 7.09. The van der Waals surface area contributed by atoms with Gasteiger partial charge >= 0.3 is 0 Å². The first-order valence-corrected chi connectivity index (χ1v) is 8.07. The number of hydrogen-bond donors (Lipinski definition) is 2. The molecule has 2 N–H and O–H groups in total. The van der Waals surface area contributed by atoms with Crippen LogP contribution in [-0.4, -0.2) is 24.0 Å². The van der Waals surface area contributed by atoms with Crippen molar-refractivity contribution in [2.45, 2.75) is 45.1 Å². The maximum Gasteiger partial charge on any atom is 0.220 e. The summed E-state index contributed by atoms with van der Waals surface area (Å²) in [6.07, 6.45) is 6.76. The topological polar surface area (TPSA) is 54.0 Å². The van der Waals surface area contributed by atoms with E-state index >= 15 is 0 Å². The Morgan fingerprint density at radius 1 is 1.58 bits per heavy atom. The number of carbonyl (C=O) groups excluding carboxylic acids is 1. The second-order valence-corrected chi connectivity index (χ2v) is 6.06. The maximum atomic E-state index is 12.0. The molecule has 1 saturated heterocycles. The van der Waals surface area contributed by atoms with E-state index < -0.39 is 0 Å². The Balaban J connectivity index is 1.73. The lowest BCUT2D eigenvalue weighted by Gasteiger charge is -2.22. The van der Waals surface area contributed by atoms with Crippen LogP contribution in [0.25, 0.3) is 0 Å². The van der Waals surface area contributed by atoms with Crippen molar-refractivity contribution in [3.8, 4) is 0 Å². The molecule has 19 heavy (non-hydrogen) atoms. The van der Waals surface area contributed by atoms with Crippen LogP contribution in [0.4, 0.5) is 0 Å². The number of thiazole rings is 1. The zero-order chi connectivity index (χ0) is 13.5. The Morgan fingerprint density at radius 3 is 3.00 bits per heavy atom. The van der Waals surface area contributed by atoms with Gasteiger partial charge in [0.05, 0.1) is 6.04 Å². The Labute approximate surface area is 119 Å². The quantitative estimate of drug-likeness (QED) is 0.842. The van der Waals surface area contributed by atoms with Gasteiger partial charge in [-0.1, -0.05) is 6.92 Å². The summed E-state index contributed by atoms with van der Waals surface area (Å²) in [6, 6.07) is 0.0838. The third-order valence-corrected chi connectivity index (χ3v) is 4.62. The molecule has 4 nitrogen and oxygen atoms in total. The van der Waals surface area contributed by atoms with Gasteiger partial charge in [-0.3, -0.25) is 4.79 Å². The van der Waals surface area contributed by atoms with E-state index in [0.29, 0.717) is 12.3 Å². The molecule has 2 heterocycles. The molecular formula is C14H23N3OS. The minimum absolute atomic E-state index is 0.0838. The Kier molecular flexibility index (Phi) is 5.79. The van der Waals surface area contributed by atoms with E-state index in [4.69, 9.17) is 0 Å². The molecule has 106 valence electrons. The molecule has 0 radical (unpaired) electrons. The number of nitrogens with zero attached hydrogens (tertiary/aromatic N) is 1. The van der Waals surface area contributed by atoms with Gasteiger partial charge in [0.2, 0.25) is 5.91 Å². The molecule has 1 amide bonds. The number of aromatic nitrogens is 1. The van der Waals surface area contributed by atoms with E-state index in [1.54, 1.807) is 17.5 Å². The van der Waals surface area contributed by atoms with Gasteiger partial charge < -0.3 is 10.6 Å². The van der Waals surface area contributed by atoms with Crippen LogP contribution in [0.5, 0.6) is 0 Å². The van der Waals surface area contributed by atoms with Crippen LogP contribution in [-0.2, 0) is 4.79 Å².